The number of benzene rings is 2. The second-order valence-corrected chi connectivity index (χ2v) is 7.37. The minimum Gasteiger partial charge on any atom is -0.497 e. The highest BCUT2D eigenvalue weighted by Crippen LogP contribution is 2.45. The monoisotopic (exact) mass is 490 g/mol. The number of para-hydroxylation sites is 1. The van der Waals surface area contributed by atoms with Crippen molar-refractivity contribution >= 4 is 17.6 Å². The fraction of sp³-hybridized carbons (Fsp3) is 0.182. The minimum atomic E-state index is -5.48. The number of aromatic amines is 1. The number of fused-ring (bicyclic) bond motifs is 1. The molecular weight excluding hydrogens is 473 g/mol. The number of H-pyrrole nitrogens is 1. The molecule has 1 aliphatic heterocycles. The van der Waals surface area contributed by atoms with Gasteiger partial charge >= 0.3 is 11.9 Å². The molecule has 0 saturated carbocycles. The number of aromatic nitrogens is 2. The smallest absolute Gasteiger partial charge is 0.425 e. The highest BCUT2D eigenvalue weighted by atomic mass is 19.4. The third-order valence-corrected chi connectivity index (χ3v) is 5.47. The zero-order valence-corrected chi connectivity index (χ0v) is 18.1. The van der Waals surface area contributed by atoms with Crippen molar-refractivity contribution in [1.82, 2.24) is 14.9 Å². The first-order valence-corrected chi connectivity index (χ1v) is 9.93. The Bertz CT molecular complexity index is 1450. The summed E-state index contributed by atoms with van der Waals surface area (Å²) in [5.74, 6) is -3.49. The van der Waals surface area contributed by atoms with Crippen LogP contribution in [0.25, 0.3) is 5.69 Å². The lowest BCUT2D eigenvalue weighted by Gasteiger charge is -2.30. The average molecular weight is 490 g/mol. The first kappa shape index (κ1) is 23.6. The van der Waals surface area contributed by atoms with Gasteiger partial charge in [-0.3, -0.25) is 19.4 Å². The van der Waals surface area contributed by atoms with E-state index in [1.165, 1.54) is 62.8 Å². The topological polar surface area (TPSA) is 132 Å². The Balaban J connectivity index is 1.96. The summed E-state index contributed by atoms with van der Waals surface area (Å²) in [5.41, 5.74) is -7.86. The van der Waals surface area contributed by atoms with Crippen molar-refractivity contribution in [3.8, 4) is 17.2 Å². The summed E-state index contributed by atoms with van der Waals surface area (Å²) in [7, 11) is 2.60. The van der Waals surface area contributed by atoms with Gasteiger partial charge in [-0.05, 0) is 36.4 Å². The van der Waals surface area contributed by atoms with Gasteiger partial charge < -0.3 is 20.1 Å². The van der Waals surface area contributed by atoms with Crippen molar-refractivity contribution in [2.75, 3.05) is 19.5 Å². The molecule has 0 aliphatic carbocycles. The number of methoxy groups -OCH3 is 2. The molecule has 0 bridgehead atoms. The second-order valence-electron chi connectivity index (χ2n) is 7.37. The number of nitrogens with zero attached hydrogens (tertiary/aromatic N) is 1. The third kappa shape index (κ3) is 3.61. The maximum Gasteiger partial charge on any atom is 0.425 e. The van der Waals surface area contributed by atoms with Gasteiger partial charge in [0, 0.05) is 0 Å². The van der Waals surface area contributed by atoms with E-state index in [-0.39, 0.29) is 17.0 Å². The van der Waals surface area contributed by atoms with E-state index in [1.807, 2.05) is 5.32 Å². The molecule has 1 atom stereocenters. The van der Waals surface area contributed by atoms with E-state index in [0.29, 0.717) is 10.3 Å². The van der Waals surface area contributed by atoms with E-state index in [4.69, 9.17) is 9.47 Å². The zero-order chi connectivity index (χ0) is 25.5. The number of hydrogen-bond donors (Lipinski definition) is 3. The number of amides is 2. The Morgan fingerprint density at radius 1 is 1.00 bits per heavy atom. The number of alkyl halides is 3. The van der Waals surface area contributed by atoms with E-state index in [0.717, 1.165) is 0 Å². The molecule has 2 heterocycles. The van der Waals surface area contributed by atoms with Crippen LogP contribution in [0, 0.1) is 0 Å². The van der Waals surface area contributed by atoms with Gasteiger partial charge in [0.15, 0.2) is 0 Å². The summed E-state index contributed by atoms with van der Waals surface area (Å²) in [6.07, 6.45) is -5.48. The van der Waals surface area contributed by atoms with Crippen LogP contribution < -0.4 is 31.4 Å². The quantitative estimate of drug-likeness (QED) is 0.499. The van der Waals surface area contributed by atoms with Crippen molar-refractivity contribution in [1.29, 1.82) is 0 Å². The molecule has 35 heavy (non-hydrogen) atoms. The third-order valence-electron chi connectivity index (χ3n) is 5.47. The predicted molar refractivity (Wildman–Crippen MR) is 116 cm³/mol. The first-order valence-electron chi connectivity index (χ1n) is 9.93. The molecule has 0 fully saturated rings. The van der Waals surface area contributed by atoms with Crippen LogP contribution in [-0.2, 0) is 10.3 Å². The SMILES string of the molecule is COc1ccc(-n2c3c(c(=O)[nH]c2=O)C(NC(=O)c2ccccc2OC)(C(F)(F)F)C(=O)N3)cc1. The lowest BCUT2D eigenvalue weighted by Crippen LogP contribution is -2.62. The molecule has 0 spiro atoms. The summed E-state index contributed by atoms with van der Waals surface area (Å²) in [5, 5.41) is 3.64. The van der Waals surface area contributed by atoms with Crippen molar-refractivity contribution in [2.45, 2.75) is 11.7 Å². The van der Waals surface area contributed by atoms with Gasteiger partial charge in [-0.15, -0.1) is 0 Å². The lowest BCUT2D eigenvalue weighted by atomic mass is 9.91. The molecule has 1 aromatic heterocycles. The molecule has 1 aliphatic rings. The van der Waals surface area contributed by atoms with Crippen LogP contribution in [0.3, 0.4) is 0 Å². The largest absolute Gasteiger partial charge is 0.497 e. The number of carbonyl (C=O) groups excluding carboxylic acids is 2. The molecular formula is C22H17F3N4O6. The lowest BCUT2D eigenvalue weighted by molar-refractivity contribution is -0.196. The Morgan fingerprint density at radius 3 is 2.26 bits per heavy atom. The second kappa shape index (κ2) is 8.34. The van der Waals surface area contributed by atoms with Crippen LogP contribution in [0.5, 0.6) is 11.5 Å². The molecule has 3 aromatic rings. The number of rotatable bonds is 5. The van der Waals surface area contributed by atoms with E-state index < -0.39 is 46.2 Å². The highest BCUT2D eigenvalue weighted by Gasteiger charge is 2.68. The fourth-order valence-corrected chi connectivity index (χ4v) is 3.83. The minimum absolute atomic E-state index is 0.0256. The fourth-order valence-electron chi connectivity index (χ4n) is 3.83. The molecule has 2 amide bonds. The van der Waals surface area contributed by atoms with Gasteiger partial charge in [0.2, 0.25) is 0 Å². The zero-order valence-electron chi connectivity index (χ0n) is 18.1. The van der Waals surface area contributed by atoms with Crippen molar-refractivity contribution in [2.24, 2.45) is 0 Å². The van der Waals surface area contributed by atoms with Gasteiger partial charge in [-0.25, -0.2) is 9.36 Å². The first-order chi connectivity index (χ1) is 16.5. The van der Waals surface area contributed by atoms with Crippen LogP contribution in [0.15, 0.2) is 58.1 Å². The molecule has 10 nitrogen and oxygen atoms in total. The molecule has 4 rings (SSSR count). The van der Waals surface area contributed by atoms with Gasteiger partial charge in [0.1, 0.15) is 22.9 Å². The number of anilines is 1. The van der Waals surface area contributed by atoms with E-state index in [1.54, 1.807) is 10.3 Å². The highest BCUT2D eigenvalue weighted by molar-refractivity contribution is 6.10. The Morgan fingerprint density at radius 2 is 1.66 bits per heavy atom. The molecule has 0 saturated heterocycles. The van der Waals surface area contributed by atoms with E-state index in [9.17, 15) is 32.3 Å². The Labute approximate surface area is 194 Å². The molecule has 182 valence electrons. The number of carbonyl (C=O) groups is 2. The summed E-state index contributed by atoms with van der Waals surface area (Å²) in [4.78, 5) is 52.9. The maximum absolute atomic E-state index is 14.6. The van der Waals surface area contributed by atoms with Gasteiger partial charge in [0.05, 0.1) is 25.5 Å². The average Bonchev–Trinajstić information content (AvgIpc) is 3.12. The maximum atomic E-state index is 14.6. The van der Waals surface area contributed by atoms with Crippen LogP contribution >= 0.6 is 0 Å². The Hall–Kier alpha value is -4.55. The van der Waals surface area contributed by atoms with Gasteiger partial charge in [-0.2, -0.15) is 13.2 Å². The van der Waals surface area contributed by atoms with Crippen LogP contribution in [-0.4, -0.2) is 41.8 Å². The van der Waals surface area contributed by atoms with Gasteiger partial charge in [0.25, 0.3) is 22.9 Å². The predicted octanol–water partition coefficient (Wildman–Crippen LogP) is 1.68. The van der Waals surface area contributed by atoms with Crippen LogP contribution in [0.1, 0.15) is 15.9 Å². The standard InChI is InChI=1S/C22H17F3N4O6/c1-34-12-9-7-11(8-10-12)29-16-15(18(31)27-20(29)33)21(19(32)26-16,22(23,24)25)28-17(30)13-5-3-4-6-14(13)35-2/h3-10H,1-2H3,(H,26,32)(H,28,30)(H,27,31,33). The van der Waals surface area contributed by atoms with E-state index in [2.05, 4.69) is 0 Å². The number of halogens is 3. The molecule has 3 N–H and O–H groups in total. The number of nitrogens with one attached hydrogen (secondary N) is 3. The van der Waals surface area contributed by atoms with Crippen molar-refractivity contribution in [3.63, 3.8) is 0 Å². The van der Waals surface area contributed by atoms with Crippen LogP contribution in [0.2, 0.25) is 0 Å². The molecule has 2 aromatic carbocycles. The van der Waals surface area contributed by atoms with Crippen molar-refractivity contribution < 1.29 is 32.2 Å². The van der Waals surface area contributed by atoms with Crippen molar-refractivity contribution in [3.05, 3.63) is 80.5 Å². The normalized spacial score (nSPS) is 16.9. The van der Waals surface area contributed by atoms with Gasteiger partial charge in [-0.1, -0.05) is 12.1 Å². The summed E-state index contributed by atoms with van der Waals surface area (Å²) >= 11 is 0. The summed E-state index contributed by atoms with van der Waals surface area (Å²) < 4.78 is 54.4. The van der Waals surface area contributed by atoms with E-state index >= 15 is 0 Å². The number of hydrogen-bond acceptors (Lipinski definition) is 6. The molecule has 0 radical (unpaired) electrons. The molecule has 1 unspecified atom stereocenters. The number of ether oxygens (including phenoxy) is 2. The summed E-state index contributed by atoms with van der Waals surface area (Å²) in [6.45, 7) is 0. The molecule has 13 heteroatoms. The summed E-state index contributed by atoms with van der Waals surface area (Å²) in [6, 6.07) is 10.9. The van der Waals surface area contributed by atoms with Crippen LogP contribution in [0.4, 0.5) is 19.0 Å². The Kier molecular flexibility index (Phi) is 5.63.